The number of amides is 2. The van der Waals surface area contributed by atoms with Crippen LogP contribution in [0.15, 0.2) is 54.6 Å². The smallest absolute Gasteiger partial charge is 0.317 e. The van der Waals surface area contributed by atoms with Crippen molar-refractivity contribution in [1.82, 2.24) is 15.1 Å². The van der Waals surface area contributed by atoms with Crippen molar-refractivity contribution >= 4 is 18.2 Å². The van der Waals surface area contributed by atoms with Crippen LogP contribution >= 0.6 is 0 Å². The molecule has 168 valence electrons. The van der Waals surface area contributed by atoms with E-state index in [1.165, 1.54) is 36.0 Å². The minimum atomic E-state index is 0.158. The lowest BCUT2D eigenvalue weighted by molar-refractivity contribution is 0.0254. The number of carbonyl (C=O) groups excluding carboxylic acids is 1. The fraction of sp³-hybridized carbons (Fsp3) is 0.464. The molecule has 0 radical (unpaired) electrons. The average molecular weight is 430 g/mol. The summed E-state index contributed by atoms with van der Waals surface area (Å²) in [5.74, 6) is 0.516. The van der Waals surface area contributed by atoms with E-state index < -0.39 is 0 Å². The number of urea groups is 1. The Labute approximate surface area is 192 Å². The Morgan fingerprint density at radius 3 is 2.25 bits per heavy atom. The van der Waals surface area contributed by atoms with Gasteiger partial charge in [-0.1, -0.05) is 79.6 Å². The Balaban J connectivity index is 1.23. The van der Waals surface area contributed by atoms with Crippen molar-refractivity contribution in [2.75, 3.05) is 26.2 Å². The molecule has 0 bridgehead atoms. The lowest BCUT2D eigenvalue weighted by Gasteiger charge is -2.51. The fourth-order valence-electron chi connectivity index (χ4n) is 5.52. The zero-order valence-corrected chi connectivity index (χ0v) is 19.0. The van der Waals surface area contributed by atoms with E-state index in [2.05, 4.69) is 75.8 Å². The molecule has 5 rings (SSSR count). The molecule has 4 heteroatoms. The molecular formula is C28H35N3O. The fourth-order valence-corrected chi connectivity index (χ4v) is 5.52. The van der Waals surface area contributed by atoms with E-state index in [1.54, 1.807) is 0 Å². The maximum Gasteiger partial charge on any atom is 0.317 e. The highest BCUT2D eigenvalue weighted by Gasteiger charge is 2.41. The van der Waals surface area contributed by atoms with Crippen LogP contribution in [0.4, 0.5) is 4.79 Å². The Morgan fingerprint density at radius 2 is 1.50 bits per heavy atom. The van der Waals surface area contributed by atoms with Gasteiger partial charge < -0.3 is 10.2 Å². The molecule has 3 aliphatic rings. The van der Waals surface area contributed by atoms with Gasteiger partial charge in [-0.15, -0.1) is 0 Å². The van der Waals surface area contributed by atoms with Crippen molar-refractivity contribution in [1.29, 1.82) is 0 Å². The van der Waals surface area contributed by atoms with Gasteiger partial charge >= 0.3 is 6.03 Å². The predicted octanol–water partition coefficient (Wildman–Crippen LogP) is 5.37. The first-order valence-corrected chi connectivity index (χ1v) is 12.4. The van der Waals surface area contributed by atoms with Crippen LogP contribution in [0, 0.1) is 0 Å². The highest BCUT2D eigenvalue weighted by molar-refractivity contribution is 5.74. The van der Waals surface area contributed by atoms with Crippen LogP contribution in [-0.4, -0.2) is 54.1 Å². The van der Waals surface area contributed by atoms with Crippen LogP contribution in [0.3, 0.4) is 0 Å². The summed E-state index contributed by atoms with van der Waals surface area (Å²) in [4.78, 5) is 17.6. The third-order valence-corrected chi connectivity index (χ3v) is 7.50. The van der Waals surface area contributed by atoms with Crippen LogP contribution < -0.4 is 5.32 Å². The molecule has 1 N–H and O–H groups in total. The molecule has 2 aromatic carbocycles. The van der Waals surface area contributed by atoms with Gasteiger partial charge in [0.15, 0.2) is 0 Å². The lowest BCUT2D eigenvalue weighted by atomic mass is 9.81. The standard InChI is InChI=1S/C28H35N3O/c32-28(29-25-10-4-5-11-25)31-19-7-6-18-30-20-26(27(30)21-31)24-16-14-23(15-17-24)13-12-22-8-2-1-3-9-22/h1-3,8-9,12-17,25-27H,4-7,10-11,18-21H2,(H,29,32)/b13-12+/t26-,27+/m1/s1. The van der Waals surface area contributed by atoms with Crippen molar-refractivity contribution in [3.63, 3.8) is 0 Å². The number of nitrogens with one attached hydrogen (secondary N) is 1. The molecular weight excluding hydrogens is 394 g/mol. The molecule has 4 nitrogen and oxygen atoms in total. The molecule has 2 atom stereocenters. The molecule has 1 aliphatic carbocycles. The maximum atomic E-state index is 13.0. The quantitative estimate of drug-likeness (QED) is 0.663. The molecule has 2 aromatic rings. The number of benzene rings is 2. The van der Waals surface area contributed by atoms with Crippen LogP contribution in [-0.2, 0) is 0 Å². The third kappa shape index (κ3) is 4.91. The molecule has 0 unspecified atom stereocenters. The largest absolute Gasteiger partial charge is 0.335 e. The monoisotopic (exact) mass is 429 g/mol. The molecule has 2 amide bonds. The van der Waals surface area contributed by atoms with Gasteiger partial charge in [0.2, 0.25) is 0 Å². The van der Waals surface area contributed by atoms with Crippen LogP contribution in [0.1, 0.15) is 61.1 Å². The first kappa shape index (κ1) is 21.3. The summed E-state index contributed by atoms with van der Waals surface area (Å²) < 4.78 is 0. The third-order valence-electron chi connectivity index (χ3n) is 7.50. The summed E-state index contributed by atoms with van der Waals surface area (Å²) in [6.07, 6.45) is 11.4. The van der Waals surface area contributed by atoms with Crippen LogP contribution in [0.2, 0.25) is 0 Å². The van der Waals surface area contributed by atoms with E-state index in [9.17, 15) is 4.79 Å². The van der Waals surface area contributed by atoms with E-state index >= 15 is 0 Å². The second-order valence-electron chi connectivity index (χ2n) is 9.66. The van der Waals surface area contributed by atoms with Crippen LogP contribution in [0.5, 0.6) is 0 Å². The molecule has 1 saturated carbocycles. The van der Waals surface area contributed by atoms with E-state index in [4.69, 9.17) is 0 Å². The minimum Gasteiger partial charge on any atom is -0.335 e. The van der Waals surface area contributed by atoms with Gasteiger partial charge in [-0.3, -0.25) is 4.90 Å². The predicted molar refractivity (Wildman–Crippen MR) is 132 cm³/mol. The van der Waals surface area contributed by atoms with Crippen molar-refractivity contribution in [3.8, 4) is 0 Å². The lowest BCUT2D eigenvalue weighted by Crippen LogP contribution is -2.62. The van der Waals surface area contributed by atoms with E-state index in [-0.39, 0.29) is 6.03 Å². The molecule has 2 heterocycles. The summed E-state index contributed by atoms with van der Waals surface area (Å²) in [6.45, 7) is 4.01. The summed E-state index contributed by atoms with van der Waals surface area (Å²) in [7, 11) is 0. The molecule has 32 heavy (non-hydrogen) atoms. The summed E-state index contributed by atoms with van der Waals surface area (Å²) in [6, 6.07) is 20.4. The zero-order valence-electron chi connectivity index (χ0n) is 19.0. The Bertz CT molecular complexity index is 917. The number of rotatable bonds is 4. The van der Waals surface area contributed by atoms with Crippen molar-refractivity contribution in [2.24, 2.45) is 0 Å². The minimum absolute atomic E-state index is 0.158. The molecule has 2 saturated heterocycles. The zero-order chi connectivity index (χ0) is 21.8. The molecule has 0 spiro atoms. The topological polar surface area (TPSA) is 35.6 Å². The number of hydrogen-bond donors (Lipinski definition) is 1. The second-order valence-corrected chi connectivity index (χ2v) is 9.66. The number of nitrogens with zero attached hydrogens (tertiary/aromatic N) is 2. The Hall–Kier alpha value is -2.59. The van der Waals surface area contributed by atoms with Gasteiger partial charge in [-0.25, -0.2) is 4.79 Å². The molecule has 2 aliphatic heterocycles. The van der Waals surface area contributed by atoms with Gasteiger partial charge in [0, 0.05) is 37.6 Å². The second kappa shape index (κ2) is 9.91. The Kier molecular flexibility index (Phi) is 6.59. The highest BCUT2D eigenvalue weighted by atomic mass is 16.2. The van der Waals surface area contributed by atoms with Gasteiger partial charge in [0.1, 0.15) is 0 Å². The van der Waals surface area contributed by atoms with Gasteiger partial charge in [0.25, 0.3) is 0 Å². The van der Waals surface area contributed by atoms with Gasteiger partial charge in [-0.05, 0) is 48.9 Å². The number of carbonyl (C=O) groups is 1. The average Bonchev–Trinajstić information content (AvgIpc) is 3.31. The van der Waals surface area contributed by atoms with E-state index in [1.807, 2.05) is 6.07 Å². The Morgan fingerprint density at radius 1 is 0.812 bits per heavy atom. The van der Waals surface area contributed by atoms with Crippen molar-refractivity contribution < 1.29 is 4.79 Å². The van der Waals surface area contributed by atoms with E-state index in [0.717, 1.165) is 45.4 Å². The van der Waals surface area contributed by atoms with Crippen molar-refractivity contribution in [2.45, 2.75) is 56.5 Å². The van der Waals surface area contributed by atoms with Crippen LogP contribution in [0.25, 0.3) is 12.2 Å². The maximum absolute atomic E-state index is 13.0. The molecule has 3 fully saturated rings. The summed E-state index contributed by atoms with van der Waals surface area (Å²) in [5, 5.41) is 3.31. The van der Waals surface area contributed by atoms with E-state index in [0.29, 0.717) is 18.0 Å². The summed E-state index contributed by atoms with van der Waals surface area (Å²) in [5.41, 5.74) is 3.85. The first-order chi connectivity index (χ1) is 15.8. The summed E-state index contributed by atoms with van der Waals surface area (Å²) >= 11 is 0. The highest BCUT2D eigenvalue weighted by Crippen LogP contribution is 2.36. The molecule has 0 aromatic heterocycles. The normalized spacial score (nSPS) is 24.6. The van der Waals surface area contributed by atoms with Crippen molar-refractivity contribution in [3.05, 3.63) is 71.3 Å². The number of hydrogen-bond acceptors (Lipinski definition) is 2. The van der Waals surface area contributed by atoms with Gasteiger partial charge in [-0.2, -0.15) is 0 Å². The SMILES string of the molecule is O=C(NC1CCCC1)N1CCCCN2C[C@H](c3ccc(/C=C/c4ccccc4)cc3)[C@@H]2C1. The number of fused-ring (bicyclic) bond motifs is 1. The first-order valence-electron chi connectivity index (χ1n) is 12.4. The van der Waals surface area contributed by atoms with Gasteiger partial charge in [0.05, 0.1) is 0 Å².